The molecule has 2 aromatic rings. The first kappa shape index (κ1) is 13.8. The minimum absolute atomic E-state index is 0.00266. The van der Waals surface area contributed by atoms with Crippen LogP contribution in [-0.4, -0.2) is 22.2 Å². The van der Waals surface area contributed by atoms with Crippen molar-refractivity contribution in [2.45, 2.75) is 26.8 Å². The number of methoxy groups -OCH3 is 1. The van der Waals surface area contributed by atoms with Crippen LogP contribution >= 0.6 is 15.9 Å². The second-order valence-corrected chi connectivity index (χ2v) is 5.01. The molecule has 0 saturated carbocycles. The van der Waals surface area contributed by atoms with Gasteiger partial charge in [-0.2, -0.15) is 4.98 Å². The monoisotopic (exact) mass is 326 g/mol. The molecule has 1 unspecified atom stereocenters. The fourth-order valence-corrected chi connectivity index (χ4v) is 2.29. The Balaban J connectivity index is 2.22. The van der Waals surface area contributed by atoms with Gasteiger partial charge in [0.2, 0.25) is 11.8 Å². The van der Waals surface area contributed by atoms with Crippen LogP contribution < -0.4 is 10.1 Å². The fourth-order valence-electron chi connectivity index (χ4n) is 1.94. The number of nitrogens with one attached hydrogen (secondary N) is 1. The first-order valence-electron chi connectivity index (χ1n) is 5.78. The quantitative estimate of drug-likeness (QED) is 0.930. The lowest BCUT2D eigenvalue weighted by Gasteiger charge is -2.14. The molecule has 1 N–H and O–H groups in total. The number of hydrogen-bond donors (Lipinski definition) is 1. The second-order valence-electron chi connectivity index (χ2n) is 4.15. The van der Waals surface area contributed by atoms with Gasteiger partial charge >= 0.3 is 0 Å². The number of nitrogens with zero attached hydrogens (tertiary/aromatic N) is 3. The lowest BCUT2D eigenvalue weighted by atomic mass is 10.1. The smallest absolute Gasteiger partial charge is 0.232 e. The zero-order chi connectivity index (χ0) is 14.0. The summed E-state index contributed by atoms with van der Waals surface area (Å²) in [5, 5.41) is 7.14. The maximum absolute atomic E-state index is 5.16. The van der Waals surface area contributed by atoms with E-state index in [0.29, 0.717) is 16.3 Å². The summed E-state index contributed by atoms with van der Waals surface area (Å²) in [6.45, 7) is 5.80. The third-order valence-electron chi connectivity index (χ3n) is 2.77. The standard InChI is InChI=1S/C12H15BrN4O2/c1-6(10-7(2)17-19-8(10)3)15-12-14-5-9(13)11(16-12)18-4/h5-6H,1-4H3,(H,14,15,16). The van der Waals surface area contributed by atoms with Crippen molar-refractivity contribution in [1.82, 2.24) is 15.1 Å². The number of rotatable bonds is 4. The summed E-state index contributed by atoms with van der Waals surface area (Å²) in [4.78, 5) is 8.45. The summed E-state index contributed by atoms with van der Waals surface area (Å²) in [6, 6.07) is -0.00266. The Labute approximate surface area is 119 Å². The highest BCUT2D eigenvalue weighted by atomic mass is 79.9. The molecule has 0 fully saturated rings. The van der Waals surface area contributed by atoms with Crippen molar-refractivity contribution in [2.75, 3.05) is 12.4 Å². The van der Waals surface area contributed by atoms with Crippen molar-refractivity contribution in [3.05, 3.63) is 27.7 Å². The first-order valence-corrected chi connectivity index (χ1v) is 6.58. The Kier molecular flexibility index (Phi) is 4.04. The molecule has 1 atom stereocenters. The van der Waals surface area contributed by atoms with Gasteiger partial charge in [-0.25, -0.2) is 4.98 Å². The van der Waals surface area contributed by atoms with Crippen LogP contribution in [0, 0.1) is 13.8 Å². The number of aromatic nitrogens is 3. The van der Waals surface area contributed by atoms with Crippen LogP contribution in [0.25, 0.3) is 0 Å². The van der Waals surface area contributed by atoms with E-state index in [2.05, 4.69) is 36.4 Å². The highest BCUT2D eigenvalue weighted by Crippen LogP contribution is 2.26. The molecular formula is C12H15BrN4O2. The average molecular weight is 327 g/mol. The Morgan fingerprint density at radius 3 is 2.74 bits per heavy atom. The van der Waals surface area contributed by atoms with E-state index < -0.39 is 0 Å². The molecule has 0 spiro atoms. The summed E-state index contributed by atoms with van der Waals surface area (Å²) in [7, 11) is 1.56. The second kappa shape index (κ2) is 5.56. The summed E-state index contributed by atoms with van der Waals surface area (Å²) < 4.78 is 11.0. The molecule has 0 amide bonds. The van der Waals surface area contributed by atoms with E-state index in [1.807, 2.05) is 20.8 Å². The van der Waals surface area contributed by atoms with Gasteiger partial charge in [0.25, 0.3) is 0 Å². The van der Waals surface area contributed by atoms with Crippen molar-refractivity contribution in [2.24, 2.45) is 0 Å². The number of ether oxygens (including phenoxy) is 1. The topological polar surface area (TPSA) is 73.1 Å². The highest BCUT2D eigenvalue weighted by molar-refractivity contribution is 9.10. The molecule has 102 valence electrons. The van der Waals surface area contributed by atoms with E-state index in [-0.39, 0.29) is 6.04 Å². The van der Waals surface area contributed by atoms with Gasteiger partial charge in [0.15, 0.2) is 0 Å². The van der Waals surface area contributed by atoms with E-state index >= 15 is 0 Å². The average Bonchev–Trinajstić information content (AvgIpc) is 2.71. The van der Waals surface area contributed by atoms with Crippen LogP contribution in [0.5, 0.6) is 5.88 Å². The fraction of sp³-hybridized carbons (Fsp3) is 0.417. The Morgan fingerprint density at radius 1 is 1.42 bits per heavy atom. The Bertz CT molecular complexity index is 566. The third kappa shape index (κ3) is 2.86. The number of halogens is 1. The van der Waals surface area contributed by atoms with Crippen LogP contribution in [0.15, 0.2) is 15.2 Å². The zero-order valence-corrected chi connectivity index (χ0v) is 12.8. The maximum Gasteiger partial charge on any atom is 0.232 e. The zero-order valence-electron chi connectivity index (χ0n) is 11.2. The van der Waals surface area contributed by atoms with E-state index in [1.54, 1.807) is 13.3 Å². The number of hydrogen-bond acceptors (Lipinski definition) is 6. The predicted octanol–water partition coefficient (Wildman–Crippen LogP) is 3.03. The van der Waals surface area contributed by atoms with E-state index in [1.165, 1.54) is 0 Å². The molecule has 7 heteroatoms. The normalized spacial score (nSPS) is 12.3. The molecule has 0 aromatic carbocycles. The van der Waals surface area contributed by atoms with E-state index in [0.717, 1.165) is 17.0 Å². The van der Waals surface area contributed by atoms with Crippen molar-refractivity contribution >= 4 is 21.9 Å². The molecule has 0 aliphatic heterocycles. The van der Waals surface area contributed by atoms with E-state index in [9.17, 15) is 0 Å². The number of aryl methyl sites for hydroxylation is 2. The predicted molar refractivity (Wildman–Crippen MR) is 74.3 cm³/mol. The third-order valence-corrected chi connectivity index (χ3v) is 3.32. The van der Waals surface area contributed by atoms with Gasteiger partial charge in [-0.15, -0.1) is 0 Å². The summed E-state index contributed by atoms with van der Waals surface area (Å²) in [5.41, 5.74) is 1.88. The minimum atomic E-state index is -0.00266. The van der Waals surface area contributed by atoms with Gasteiger partial charge < -0.3 is 14.6 Å². The molecule has 2 heterocycles. The van der Waals surface area contributed by atoms with Gasteiger partial charge in [-0.05, 0) is 36.7 Å². The summed E-state index contributed by atoms with van der Waals surface area (Å²) >= 11 is 3.32. The SMILES string of the molecule is COc1nc(NC(C)c2c(C)noc2C)ncc1Br. The van der Waals surface area contributed by atoms with Crippen LogP contribution in [0.1, 0.15) is 30.0 Å². The molecule has 2 rings (SSSR count). The van der Waals surface area contributed by atoms with Crippen LogP contribution in [0.3, 0.4) is 0 Å². The Hall–Kier alpha value is -1.63. The summed E-state index contributed by atoms with van der Waals surface area (Å²) in [5.74, 6) is 1.78. The Morgan fingerprint density at radius 2 is 2.16 bits per heavy atom. The van der Waals surface area contributed by atoms with Crippen LogP contribution in [0.4, 0.5) is 5.95 Å². The van der Waals surface area contributed by atoms with Gasteiger partial charge in [0, 0.05) is 5.56 Å². The van der Waals surface area contributed by atoms with Gasteiger partial charge in [0.05, 0.1) is 29.5 Å². The van der Waals surface area contributed by atoms with Crippen LogP contribution in [-0.2, 0) is 0 Å². The summed E-state index contributed by atoms with van der Waals surface area (Å²) in [6.07, 6.45) is 1.65. The highest BCUT2D eigenvalue weighted by Gasteiger charge is 2.17. The van der Waals surface area contributed by atoms with Crippen molar-refractivity contribution < 1.29 is 9.26 Å². The largest absolute Gasteiger partial charge is 0.480 e. The van der Waals surface area contributed by atoms with Gasteiger partial charge in [0.1, 0.15) is 5.76 Å². The molecular weight excluding hydrogens is 312 g/mol. The van der Waals surface area contributed by atoms with Gasteiger partial charge in [-0.1, -0.05) is 5.16 Å². The lowest BCUT2D eigenvalue weighted by Crippen LogP contribution is -2.11. The molecule has 0 aliphatic carbocycles. The molecule has 19 heavy (non-hydrogen) atoms. The minimum Gasteiger partial charge on any atom is -0.480 e. The van der Waals surface area contributed by atoms with Crippen molar-refractivity contribution in [3.8, 4) is 5.88 Å². The molecule has 0 saturated heterocycles. The first-order chi connectivity index (χ1) is 9.02. The van der Waals surface area contributed by atoms with Crippen molar-refractivity contribution in [3.63, 3.8) is 0 Å². The van der Waals surface area contributed by atoms with Crippen LogP contribution in [0.2, 0.25) is 0 Å². The molecule has 6 nitrogen and oxygen atoms in total. The van der Waals surface area contributed by atoms with Gasteiger partial charge in [-0.3, -0.25) is 0 Å². The van der Waals surface area contributed by atoms with Crippen molar-refractivity contribution in [1.29, 1.82) is 0 Å². The maximum atomic E-state index is 5.16. The molecule has 0 aliphatic rings. The molecule has 0 radical (unpaired) electrons. The molecule has 0 bridgehead atoms. The molecule has 2 aromatic heterocycles. The number of anilines is 1. The lowest BCUT2D eigenvalue weighted by molar-refractivity contribution is 0.391. The van der Waals surface area contributed by atoms with E-state index in [4.69, 9.17) is 9.26 Å².